The standard InChI is InChI=1S/C15H23NO4/c1-4-19-13(20-5-2)11-16-15(17)14(18-3)12-9-7-6-8-10-12/h6-10,13-14H,4-5,11H2,1-3H3,(H,16,17). The zero-order chi connectivity index (χ0) is 14.8. The number of rotatable bonds is 9. The van der Waals surface area contributed by atoms with Crippen LogP contribution in [0.1, 0.15) is 25.5 Å². The maximum Gasteiger partial charge on any atom is 0.253 e. The Morgan fingerprint density at radius 3 is 2.25 bits per heavy atom. The average Bonchev–Trinajstić information content (AvgIpc) is 2.47. The summed E-state index contributed by atoms with van der Waals surface area (Å²) < 4.78 is 16.0. The van der Waals surface area contributed by atoms with Crippen LogP contribution in [-0.2, 0) is 19.0 Å². The van der Waals surface area contributed by atoms with Gasteiger partial charge in [0.2, 0.25) is 0 Å². The fourth-order valence-corrected chi connectivity index (χ4v) is 1.84. The van der Waals surface area contributed by atoms with Crippen LogP contribution in [0.4, 0.5) is 0 Å². The van der Waals surface area contributed by atoms with Crippen molar-refractivity contribution in [2.45, 2.75) is 26.2 Å². The molecule has 0 aliphatic rings. The van der Waals surface area contributed by atoms with Gasteiger partial charge in [0, 0.05) is 20.3 Å². The van der Waals surface area contributed by atoms with E-state index in [9.17, 15) is 4.79 Å². The third kappa shape index (κ3) is 5.28. The Hall–Kier alpha value is -1.43. The predicted molar refractivity (Wildman–Crippen MR) is 76.2 cm³/mol. The van der Waals surface area contributed by atoms with Crippen LogP contribution in [0.5, 0.6) is 0 Å². The molecule has 1 amide bonds. The van der Waals surface area contributed by atoms with Crippen LogP contribution in [0.15, 0.2) is 30.3 Å². The molecule has 1 aromatic rings. The maximum absolute atomic E-state index is 12.1. The normalized spacial score (nSPS) is 12.4. The fourth-order valence-electron chi connectivity index (χ4n) is 1.84. The number of methoxy groups -OCH3 is 1. The minimum Gasteiger partial charge on any atom is -0.367 e. The van der Waals surface area contributed by atoms with Crippen LogP contribution in [0.3, 0.4) is 0 Å². The van der Waals surface area contributed by atoms with Gasteiger partial charge in [-0.05, 0) is 19.4 Å². The highest BCUT2D eigenvalue weighted by atomic mass is 16.7. The SMILES string of the molecule is CCOC(CNC(=O)C(OC)c1ccccc1)OCC. The molecular weight excluding hydrogens is 258 g/mol. The first kappa shape index (κ1) is 16.6. The largest absolute Gasteiger partial charge is 0.367 e. The van der Waals surface area contributed by atoms with Gasteiger partial charge in [0.1, 0.15) is 0 Å². The van der Waals surface area contributed by atoms with Crippen molar-refractivity contribution in [3.05, 3.63) is 35.9 Å². The first-order valence-electron chi connectivity index (χ1n) is 6.81. The van der Waals surface area contributed by atoms with E-state index in [4.69, 9.17) is 14.2 Å². The first-order valence-corrected chi connectivity index (χ1v) is 6.81. The van der Waals surface area contributed by atoms with Crippen molar-refractivity contribution in [3.63, 3.8) is 0 Å². The van der Waals surface area contributed by atoms with Crippen LogP contribution >= 0.6 is 0 Å². The number of nitrogens with one attached hydrogen (secondary N) is 1. The number of hydrogen-bond acceptors (Lipinski definition) is 4. The smallest absolute Gasteiger partial charge is 0.253 e. The summed E-state index contributed by atoms with van der Waals surface area (Å²) in [5.41, 5.74) is 0.817. The summed E-state index contributed by atoms with van der Waals surface area (Å²) in [7, 11) is 1.51. The number of hydrogen-bond donors (Lipinski definition) is 1. The molecule has 1 atom stereocenters. The Labute approximate surface area is 120 Å². The topological polar surface area (TPSA) is 56.8 Å². The Morgan fingerprint density at radius 2 is 1.75 bits per heavy atom. The van der Waals surface area contributed by atoms with E-state index < -0.39 is 12.4 Å². The highest BCUT2D eigenvalue weighted by Gasteiger charge is 2.20. The molecule has 112 valence electrons. The van der Waals surface area contributed by atoms with E-state index >= 15 is 0 Å². The fraction of sp³-hybridized carbons (Fsp3) is 0.533. The summed E-state index contributed by atoms with van der Waals surface area (Å²) in [6.07, 6.45) is -1.05. The Kier molecular flexibility index (Phi) is 7.87. The molecule has 0 bridgehead atoms. The van der Waals surface area contributed by atoms with E-state index in [2.05, 4.69) is 5.32 Å². The number of carbonyl (C=O) groups excluding carboxylic acids is 1. The number of ether oxygens (including phenoxy) is 3. The van der Waals surface area contributed by atoms with Gasteiger partial charge in [-0.3, -0.25) is 4.79 Å². The van der Waals surface area contributed by atoms with Crippen molar-refractivity contribution < 1.29 is 19.0 Å². The van der Waals surface area contributed by atoms with Crippen molar-refractivity contribution in [3.8, 4) is 0 Å². The molecule has 0 aliphatic carbocycles. The van der Waals surface area contributed by atoms with E-state index in [1.54, 1.807) is 0 Å². The van der Waals surface area contributed by atoms with Crippen LogP contribution in [0.2, 0.25) is 0 Å². The van der Waals surface area contributed by atoms with Crippen molar-refractivity contribution in [1.82, 2.24) is 5.32 Å². The zero-order valence-electron chi connectivity index (χ0n) is 12.3. The van der Waals surface area contributed by atoms with Gasteiger partial charge in [0.05, 0.1) is 6.54 Å². The molecule has 0 heterocycles. The lowest BCUT2D eigenvalue weighted by atomic mass is 10.1. The maximum atomic E-state index is 12.1. The minimum absolute atomic E-state index is 0.205. The molecule has 0 fully saturated rings. The van der Waals surface area contributed by atoms with Crippen LogP contribution in [-0.4, -0.2) is 39.1 Å². The number of amides is 1. The van der Waals surface area contributed by atoms with Gasteiger partial charge < -0.3 is 19.5 Å². The van der Waals surface area contributed by atoms with Gasteiger partial charge >= 0.3 is 0 Å². The van der Waals surface area contributed by atoms with Crippen molar-refractivity contribution in [2.24, 2.45) is 0 Å². The summed E-state index contributed by atoms with van der Waals surface area (Å²) >= 11 is 0. The molecule has 0 radical (unpaired) electrons. The van der Waals surface area contributed by atoms with Gasteiger partial charge in [0.15, 0.2) is 12.4 Å². The highest BCUT2D eigenvalue weighted by molar-refractivity contribution is 5.82. The Bertz CT molecular complexity index is 377. The summed E-state index contributed by atoms with van der Waals surface area (Å²) in [5, 5.41) is 2.79. The first-order chi connectivity index (χ1) is 9.72. The summed E-state index contributed by atoms with van der Waals surface area (Å²) in [6, 6.07) is 9.36. The second-order valence-electron chi connectivity index (χ2n) is 4.11. The minimum atomic E-state index is -0.625. The van der Waals surface area contributed by atoms with Crippen molar-refractivity contribution >= 4 is 5.91 Å². The lowest BCUT2D eigenvalue weighted by Gasteiger charge is -2.20. The lowest BCUT2D eigenvalue weighted by molar-refractivity contribution is -0.145. The van der Waals surface area contributed by atoms with Gasteiger partial charge in [-0.1, -0.05) is 30.3 Å². The molecule has 1 aromatic carbocycles. The third-order valence-electron chi connectivity index (χ3n) is 2.72. The third-order valence-corrected chi connectivity index (χ3v) is 2.72. The molecule has 0 saturated carbocycles. The number of carbonyl (C=O) groups is 1. The highest BCUT2D eigenvalue weighted by Crippen LogP contribution is 2.16. The van der Waals surface area contributed by atoms with Crippen molar-refractivity contribution in [1.29, 1.82) is 0 Å². The van der Waals surface area contributed by atoms with E-state index in [0.29, 0.717) is 19.8 Å². The van der Waals surface area contributed by atoms with E-state index in [0.717, 1.165) is 5.56 Å². The lowest BCUT2D eigenvalue weighted by Crippen LogP contribution is -2.38. The van der Waals surface area contributed by atoms with Gasteiger partial charge in [0.25, 0.3) is 5.91 Å². The monoisotopic (exact) mass is 281 g/mol. The quantitative estimate of drug-likeness (QED) is 0.702. The summed E-state index contributed by atoms with van der Waals surface area (Å²) in [5.74, 6) is -0.205. The van der Waals surface area contributed by atoms with Gasteiger partial charge in [-0.25, -0.2) is 0 Å². The molecule has 0 aromatic heterocycles. The van der Waals surface area contributed by atoms with Crippen LogP contribution < -0.4 is 5.32 Å². The molecule has 0 spiro atoms. The summed E-state index contributed by atoms with van der Waals surface area (Å²) in [6.45, 7) is 5.14. The van der Waals surface area contributed by atoms with Gasteiger partial charge in [-0.2, -0.15) is 0 Å². The molecule has 5 nitrogen and oxygen atoms in total. The van der Waals surface area contributed by atoms with Crippen molar-refractivity contribution in [2.75, 3.05) is 26.9 Å². The zero-order valence-corrected chi connectivity index (χ0v) is 12.3. The second-order valence-corrected chi connectivity index (χ2v) is 4.11. The second kappa shape index (κ2) is 9.47. The van der Waals surface area contributed by atoms with E-state index in [1.807, 2.05) is 44.2 Å². The molecule has 20 heavy (non-hydrogen) atoms. The Morgan fingerprint density at radius 1 is 1.15 bits per heavy atom. The number of benzene rings is 1. The summed E-state index contributed by atoms with van der Waals surface area (Å²) in [4.78, 5) is 12.1. The van der Waals surface area contributed by atoms with E-state index in [1.165, 1.54) is 7.11 Å². The molecule has 1 N–H and O–H groups in total. The predicted octanol–water partition coefficient (Wildman–Crippen LogP) is 1.89. The Balaban J connectivity index is 2.55. The molecule has 0 aliphatic heterocycles. The molecule has 1 unspecified atom stereocenters. The molecular formula is C15H23NO4. The van der Waals surface area contributed by atoms with Gasteiger partial charge in [-0.15, -0.1) is 0 Å². The average molecular weight is 281 g/mol. The molecule has 0 saturated heterocycles. The molecule has 1 rings (SSSR count). The van der Waals surface area contributed by atoms with Crippen LogP contribution in [0.25, 0.3) is 0 Å². The van der Waals surface area contributed by atoms with E-state index in [-0.39, 0.29) is 5.91 Å². The molecule has 5 heteroatoms. The van der Waals surface area contributed by atoms with Crippen LogP contribution in [0, 0.1) is 0 Å².